The van der Waals surface area contributed by atoms with E-state index in [-0.39, 0.29) is 23.2 Å². The van der Waals surface area contributed by atoms with E-state index >= 15 is 0 Å². The first-order valence-corrected chi connectivity index (χ1v) is 10.2. The van der Waals surface area contributed by atoms with Crippen LogP contribution in [0.15, 0.2) is 48.9 Å². The number of pyridine rings is 2. The highest BCUT2D eigenvalue weighted by molar-refractivity contribution is 6.04. The molecule has 1 saturated heterocycles. The van der Waals surface area contributed by atoms with Gasteiger partial charge < -0.3 is 4.90 Å². The Bertz CT molecular complexity index is 1220. The molecule has 33 heavy (non-hydrogen) atoms. The highest BCUT2D eigenvalue weighted by Gasteiger charge is 2.41. The van der Waals surface area contributed by atoms with E-state index in [1.165, 1.54) is 36.4 Å². The summed E-state index contributed by atoms with van der Waals surface area (Å²) in [6, 6.07) is 6.47. The molecule has 0 radical (unpaired) electrons. The van der Waals surface area contributed by atoms with Crippen LogP contribution in [0.25, 0.3) is 11.4 Å². The molecule has 1 N–H and O–H groups in total. The summed E-state index contributed by atoms with van der Waals surface area (Å²) in [5, 5.41) is 2.75. The highest BCUT2D eigenvalue weighted by Crippen LogP contribution is 2.40. The predicted molar refractivity (Wildman–Crippen MR) is 112 cm³/mol. The summed E-state index contributed by atoms with van der Waals surface area (Å²) in [5.74, 6) is 0.649. The maximum Gasteiger partial charge on any atom is 0.433 e. The summed E-state index contributed by atoms with van der Waals surface area (Å²) < 4.78 is 40.8. The number of amides is 2. The van der Waals surface area contributed by atoms with Gasteiger partial charge in [-0.3, -0.25) is 15.1 Å². The lowest BCUT2D eigenvalue weighted by Gasteiger charge is -2.35. The Hall–Kier alpha value is -3.96. The van der Waals surface area contributed by atoms with Gasteiger partial charge >= 0.3 is 12.2 Å². The minimum absolute atomic E-state index is 0.0757. The zero-order valence-corrected chi connectivity index (χ0v) is 17.5. The van der Waals surface area contributed by atoms with Crippen LogP contribution in [-0.2, 0) is 6.18 Å². The number of nitrogens with one attached hydrogen (secondary N) is 1. The predicted octanol–water partition coefficient (Wildman–Crippen LogP) is 2.53. The second kappa shape index (κ2) is 7.87. The Morgan fingerprint density at radius 3 is 2.82 bits per heavy atom. The first-order valence-electron chi connectivity index (χ1n) is 10.2. The number of hydrogen-bond donors (Lipinski definition) is 1. The molecule has 170 valence electrons. The van der Waals surface area contributed by atoms with Crippen molar-refractivity contribution in [1.29, 1.82) is 0 Å². The van der Waals surface area contributed by atoms with Crippen LogP contribution in [0.4, 0.5) is 35.3 Å². The molecular weight excluding hydrogens is 439 g/mol. The molecule has 2 aliphatic rings. The van der Waals surface area contributed by atoms with Gasteiger partial charge in [0.05, 0.1) is 29.3 Å². The van der Waals surface area contributed by atoms with Gasteiger partial charge in [0.15, 0.2) is 5.82 Å². The van der Waals surface area contributed by atoms with E-state index in [2.05, 4.69) is 25.2 Å². The summed E-state index contributed by atoms with van der Waals surface area (Å²) >= 11 is 0. The Kier molecular flexibility index (Phi) is 4.99. The van der Waals surface area contributed by atoms with Crippen molar-refractivity contribution >= 4 is 23.4 Å². The van der Waals surface area contributed by atoms with E-state index in [0.717, 1.165) is 24.7 Å². The minimum Gasteiger partial charge on any atom is -0.366 e. The summed E-state index contributed by atoms with van der Waals surface area (Å²) in [6.45, 7) is 1.39. The maximum atomic E-state index is 13.3. The first-order chi connectivity index (χ1) is 15.8. The molecule has 5 rings (SSSR count). The van der Waals surface area contributed by atoms with Crippen LogP contribution < -0.4 is 24.7 Å². The number of alkyl halides is 3. The van der Waals surface area contributed by atoms with Gasteiger partial charge in [0.2, 0.25) is 12.0 Å². The highest BCUT2D eigenvalue weighted by atomic mass is 19.4. The van der Waals surface area contributed by atoms with Crippen molar-refractivity contribution in [2.75, 3.05) is 35.3 Å². The number of fused-ring (bicyclic) bond motifs is 4. The molecule has 0 spiro atoms. The average Bonchev–Trinajstić information content (AvgIpc) is 3.22. The van der Waals surface area contributed by atoms with Crippen molar-refractivity contribution in [2.24, 2.45) is 0 Å². The third-order valence-electron chi connectivity index (χ3n) is 5.60. The van der Waals surface area contributed by atoms with Gasteiger partial charge in [0.25, 0.3) is 6.20 Å². The lowest BCUT2D eigenvalue weighted by atomic mass is 10.1. The van der Waals surface area contributed by atoms with Crippen LogP contribution in [0.5, 0.6) is 0 Å². The van der Waals surface area contributed by atoms with Gasteiger partial charge in [0, 0.05) is 17.8 Å². The molecule has 0 saturated carbocycles. The summed E-state index contributed by atoms with van der Waals surface area (Å²) in [4.78, 5) is 34.4. The number of halogens is 3. The van der Waals surface area contributed by atoms with Crippen molar-refractivity contribution in [3.05, 3.63) is 54.6 Å². The van der Waals surface area contributed by atoms with Crippen molar-refractivity contribution in [2.45, 2.75) is 18.6 Å². The average molecular weight is 458 g/mol. The largest absolute Gasteiger partial charge is 0.433 e. The van der Waals surface area contributed by atoms with Crippen LogP contribution in [0.3, 0.4) is 0 Å². The molecule has 1 atom stereocenters. The number of carbonyl (C=O) groups excluding carboxylic acids is 1. The monoisotopic (exact) mass is 458 g/mol. The fraction of sp³-hybridized carbons (Fsp3) is 0.286. The number of rotatable bonds is 3. The minimum atomic E-state index is -4.57. The smallest absolute Gasteiger partial charge is 0.366 e. The lowest BCUT2D eigenvalue weighted by Crippen LogP contribution is -2.49. The number of hydrogen-bond acceptors (Lipinski definition) is 6. The van der Waals surface area contributed by atoms with E-state index < -0.39 is 17.9 Å². The van der Waals surface area contributed by atoms with Gasteiger partial charge in [0.1, 0.15) is 12.8 Å². The number of anilines is 3. The van der Waals surface area contributed by atoms with E-state index in [1.54, 1.807) is 23.2 Å². The Morgan fingerprint density at radius 2 is 2.03 bits per heavy atom. The zero-order chi connectivity index (χ0) is 23.2. The van der Waals surface area contributed by atoms with Crippen molar-refractivity contribution in [3.63, 3.8) is 0 Å². The molecule has 9 nitrogen and oxygen atoms in total. The van der Waals surface area contributed by atoms with Gasteiger partial charge in [-0.25, -0.2) is 19.7 Å². The fourth-order valence-electron chi connectivity index (χ4n) is 4.07. The number of aromatic nitrogens is 4. The number of nitrogens with zero attached hydrogens (tertiary/aromatic N) is 6. The first kappa shape index (κ1) is 20.9. The second-order valence-electron chi connectivity index (χ2n) is 7.62. The second-order valence-corrected chi connectivity index (χ2v) is 7.62. The Balaban J connectivity index is 1.51. The summed E-state index contributed by atoms with van der Waals surface area (Å²) in [7, 11) is 1.48. The van der Waals surface area contributed by atoms with Crippen molar-refractivity contribution < 1.29 is 27.5 Å². The topological polar surface area (TPSA) is 87.4 Å². The quantitative estimate of drug-likeness (QED) is 0.607. The molecule has 0 aromatic carbocycles. The van der Waals surface area contributed by atoms with Gasteiger partial charge in [-0.05, 0) is 30.7 Å². The summed E-state index contributed by atoms with van der Waals surface area (Å²) in [6.07, 6.45) is 0.747. The molecular formula is C21H19F3N7O2+. The molecule has 1 fully saturated rings. The van der Waals surface area contributed by atoms with Crippen LogP contribution >= 0.6 is 0 Å². The van der Waals surface area contributed by atoms with Gasteiger partial charge in [-0.2, -0.15) is 13.2 Å². The molecule has 0 unspecified atom stereocenters. The van der Waals surface area contributed by atoms with Crippen LogP contribution in [0.1, 0.15) is 12.1 Å². The fourth-order valence-corrected chi connectivity index (χ4v) is 4.07. The van der Waals surface area contributed by atoms with E-state index in [4.69, 9.17) is 4.84 Å². The molecule has 2 aliphatic heterocycles. The maximum absolute atomic E-state index is 13.3. The zero-order valence-electron chi connectivity index (χ0n) is 17.5. The third kappa shape index (κ3) is 3.88. The van der Waals surface area contributed by atoms with Crippen molar-refractivity contribution in [3.8, 4) is 11.4 Å². The molecule has 5 heterocycles. The van der Waals surface area contributed by atoms with Crippen LogP contribution in [0, 0.1) is 0 Å². The van der Waals surface area contributed by atoms with Gasteiger partial charge in [-0.1, -0.05) is 6.07 Å². The normalized spacial score (nSPS) is 17.0. The molecule has 3 aromatic rings. The van der Waals surface area contributed by atoms with Crippen LogP contribution in [-0.4, -0.2) is 47.2 Å². The molecule has 2 bridgehead atoms. The number of carbonyl (C=O) groups is 1. The van der Waals surface area contributed by atoms with E-state index in [9.17, 15) is 18.0 Å². The standard InChI is InChI=1S/C21H18F3N7O2/c1-33-30-10-8-25-18(12-30)28-20(32)31-13-7-9-29(11-13)16-6-5-15(27-19(16)31)14-3-2-4-17(26-14)21(22,23)24/h2-6,8,10,12-13H,7,9,11H2,1H3/p+1/t13-/m0/s1. The third-order valence-corrected chi connectivity index (χ3v) is 5.60. The van der Waals surface area contributed by atoms with Crippen molar-refractivity contribution in [1.82, 2.24) is 15.0 Å². The Morgan fingerprint density at radius 1 is 1.21 bits per heavy atom. The van der Waals surface area contributed by atoms with E-state index in [1.807, 2.05) is 0 Å². The molecule has 0 aliphatic carbocycles. The lowest BCUT2D eigenvalue weighted by molar-refractivity contribution is -0.885. The van der Waals surface area contributed by atoms with Gasteiger partial charge in [-0.15, -0.1) is 0 Å². The molecule has 3 aromatic heterocycles. The Labute approximate surface area is 186 Å². The number of urea groups is 1. The summed E-state index contributed by atoms with van der Waals surface area (Å²) in [5.41, 5.74) is 0.0594. The molecule has 2 amide bonds. The van der Waals surface area contributed by atoms with E-state index in [0.29, 0.717) is 12.4 Å². The van der Waals surface area contributed by atoms with Crippen LogP contribution in [0.2, 0.25) is 0 Å². The SMILES string of the molecule is CO[n+]1ccnc(NC(=O)N2c3nc(-c4cccc(C(F)(F)F)n4)ccc3N3CC[C@H]2C3)c1. The molecule has 12 heteroatoms.